The van der Waals surface area contributed by atoms with Crippen LogP contribution >= 0.6 is 0 Å². The molecule has 2 atom stereocenters. The second-order valence-electron chi connectivity index (χ2n) is 7.83. The predicted molar refractivity (Wildman–Crippen MR) is 121 cm³/mol. The van der Waals surface area contributed by atoms with Crippen LogP contribution < -0.4 is 21.5 Å². The molecule has 3 aromatic rings. The Bertz CT molecular complexity index is 977. The number of benzene rings is 2. The molecule has 29 heavy (non-hydrogen) atoms. The average Bonchev–Trinajstić information content (AvgIpc) is 2.73. The minimum atomic E-state index is -0.434. The van der Waals surface area contributed by atoms with Gasteiger partial charge in [-0.3, -0.25) is 9.59 Å². The van der Waals surface area contributed by atoms with E-state index in [0.717, 1.165) is 12.8 Å². The molecule has 2 N–H and O–H groups in total. The number of anilines is 2. The van der Waals surface area contributed by atoms with Gasteiger partial charge in [-0.05, 0) is 45.0 Å². The topological polar surface area (TPSA) is 61.4 Å². The van der Waals surface area contributed by atoms with Crippen molar-refractivity contribution in [2.75, 3.05) is 31.3 Å². The highest BCUT2D eigenvalue weighted by Crippen LogP contribution is 2.18. The van der Waals surface area contributed by atoms with E-state index in [4.69, 9.17) is 0 Å². The molecular formula is C24H29N3O2. The molecule has 5 nitrogen and oxygen atoms in total. The van der Waals surface area contributed by atoms with Gasteiger partial charge in [-0.25, -0.2) is 0 Å². The van der Waals surface area contributed by atoms with E-state index in [1.165, 1.54) is 11.1 Å². The lowest BCUT2D eigenvalue weighted by Crippen LogP contribution is -2.43. The Morgan fingerprint density at radius 3 is 1.86 bits per heavy atom. The van der Waals surface area contributed by atoms with Gasteiger partial charge in [0.25, 0.3) is 10.9 Å². The third-order valence-electron chi connectivity index (χ3n) is 5.24. The lowest BCUT2D eigenvalue weighted by molar-refractivity contribution is 0.303. The monoisotopic (exact) mass is 391 g/mol. The van der Waals surface area contributed by atoms with Crippen LogP contribution in [0, 0.1) is 0 Å². The van der Waals surface area contributed by atoms with E-state index in [2.05, 4.69) is 39.8 Å². The molecular weight excluding hydrogens is 362 g/mol. The SMILES string of the molecule is C[C@@H](Cc1ccccc1)Nc1c(NCC(Cc2ccccc2)N(C)C)c(=O)c1=O. The maximum atomic E-state index is 12.1. The van der Waals surface area contributed by atoms with Gasteiger partial charge in [0.2, 0.25) is 0 Å². The summed E-state index contributed by atoms with van der Waals surface area (Å²) in [4.78, 5) is 26.4. The van der Waals surface area contributed by atoms with Crippen LogP contribution in [0.15, 0.2) is 70.3 Å². The molecule has 0 fully saturated rings. The summed E-state index contributed by atoms with van der Waals surface area (Å²) in [5, 5.41) is 6.46. The number of hydrogen-bond acceptors (Lipinski definition) is 5. The molecule has 1 unspecified atom stereocenters. The molecule has 0 aromatic heterocycles. The van der Waals surface area contributed by atoms with E-state index in [-0.39, 0.29) is 12.1 Å². The summed E-state index contributed by atoms with van der Waals surface area (Å²) < 4.78 is 0. The van der Waals surface area contributed by atoms with Crippen LogP contribution in [-0.4, -0.2) is 37.6 Å². The second-order valence-corrected chi connectivity index (χ2v) is 7.83. The van der Waals surface area contributed by atoms with E-state index in [0.29, 0.717) is 17.9 Å². The normalized spacial score (nSPS) is 13.4. The zero-order chi connectivity index (χ0) is 20.8. The van der Waals surface area contributed by atoms with E-state index in [9.17, 15) is 9.59 Å². The Balaban J connectivity index is 1.63. The van der Waals surface area contributed by atoms with Gasteiger partial charge in [0, 0.05) is 18.6 Å². The van der Waals surface area contributed by atoms with Crippen LogP contribution in [0.25, 0.3) is 0 Å². The first-order chi connectivity index (χ1) is 14.0. The van der Waals surface area contributed by atoms with E-state index in [1.807, 2.05) is 57.4 Å². The maximum Gasteiger partial charge on any atom is 0.253 e. The molecule has 3 aromatic carbocycles. The maximum absolute atomic E-state index is 12.1. The van der Waals surface area contributed by atoms with Crippen molar-refractivity contribution in [2.24, 2.45) is 0 Å². The van der Waals surface area contributed by atoms with Crippen LogP contribution in [0.1, 0.15) is 18.1 Å². The molecule has 0 heterocycles. The number of hydrogen-bond donors (Lipinski definition) is 2. The van der Waals surface area contributed by atoms with Crippen LogP contribution in [0.4, 0.5) is 11.4 Å². The highest BCUT2D eigenvalue weighted by atomic mass is 16.2. The second kappa shape index (κ2) is 9.52. The smallest absolute Gasteiger partial charge is 0.253 e. The van der Waals surface area contributed by atoms with Crippen molar-refractivity contribution >= 4 is 11.4 Å². The Morgan fingerprint density at radius 1 is 0.793 bits per heavy atom. The minimum absolute atomic E-state index is 0.0511. The first-order valence-corrected chi connectivity index (χ1v) is 10.0. The third-order valence-corrected chi connectivity index (χ3v) is 5.24. The van der Waals surface area contributed by atoms with Crippen molar-refractivity contribution in [1.29, 1.82) is 0 Å². The van der Waals surface area contributed by atoms with Gasteiger partial charge in [0.05, 0.1) is 0 Å². The average molecular weight is 392 g/mol. The van der Waals surface area contributed by atoms with Crippen molar-refractivity contribution in [1.82, 2.24) is 4.90 Å². The lowest BCUT2D eigenvalue weighted by Gasteiger charge is -2.26. The fourth-order valence-corrected chi connectivity index (χ4v) is 3.51. The summed E-state index contributed by atoms with van der Waals surface area (Å²) in [5.41, 5.74) is 2.39. The fraction of sp³-hybridized carbons (Fsp3) is 0.333. The molecule has 152 valence electrons. The van der Waals surface area contributed by atoms with Crippen molar-refractivity contribution < 1.29 is 0 Å². The van der Waals surface area contributed by atoms with Gasteiger partial charge in [0.1, 0.15) is 11.4 Å². The fourth-order valence-electron chi connectivity index (χ4n) is 3.51. The lowest BCUT2D eigenvalue weighted by atomic mass is 10.0. The number of likely N-dealkylation sites (N-methyl/N-ethyl adjacent to an activating group) is 1. The molecule has 0 saturated heterocycles. The van der Waals surface area contributed by atoms with Gasteiger partial charge in [-0.2, -0.15) is 0 Å². The summed E-state index contributed by atoms with van der Waals surface area (Å²) >= 11 is 0. The van der Waals surface area contributed by atoms with Crippen LogP contribution in [0.2, 0.25) is 0 Å². The Hall–Kier alpha value is -2.92. The van der Waals surface area contributed by atoms with Gasteiger partial charge in [-0.15, -0.1) is 0 Å². The standard InChI is InChI=1S/C24H29N3O2/c1-17(14-18-10-6-4-7-11-18)26-22-21(23(28)24(22)29)25-16-20(27(2)3)15-19-12-8-5-9-13-19/h4-13,17,20,25-26H,14-16H2,1-3H3/t17-,20?/m0/s1. The Morgan fingerprint density at radius 2 is 1.31 bits per heavy atom. The molecule has 0 spiro atoms. The summed E-state index contributed by atoms with van der Waals surface area (Å²) in [5.74, 6) is 0. The van der Waals surface area contributed by atoms with Crippen LogP contribution in [0.3, 0.4) is 0 Å². The molecule has 0 aliphatic heterocycles. The van der Waals surface area contributed by atoms with E-state index in [1.54, 1.807) is 0 Å². The molecule has 0 aliphatic carbocycles. The van der Waals surface area contributed by atoms with Crippen molar-refractivity contribution in [3.63, 3.8) is 0 Å². The van der Waals surface area contributed by atoms with Crippen molar-refractivity contribution in [2.45, 2.75) is 31.8 Å². The van der Waals surface area contributed by atoms with Crippen LogP contribution in [-0.2, 0) is 12.8 Å². The molecule has 0 amide bonds. The largest absolute Gasteiger partial charge is 0.378 e. The summed E-state index contributed by atoms with van der Waals surface area (Å²) in [6, 6.07) is 20.6. The van der Waals surface area contributed by atoms with Gasteiger partial charge >= 0.3 is 0 Å². The third kappa shape index (κ3) is 5.33. The van der Waals surface area contributed by atoms with E-state index < -0.39 is 10.9 Å². The molecule has 0 saturated carbocycles. The first kappa shape index (κ1) is 20.8. The Kier molecular flexibility index (Phi) is 6.83. The summed E-state index contributed by atoms with van der Waals surface area (Å²) in [7, 11) is 4.05. The van der Waals surface area contributed by atoms with Crippen molar-refractivity contribution in [3.05, 3.63) is 92.2 Å². The molecule has 0 radical (unpaired) electrons. The zero-order valence-corrected chi connectivity index (χ0v) is 17.3. The number of rotatable bonds is 10. The molecule has 0 aliphatic rings. The number of nitrogens with one attached hydrogen (secondary N) is 2. The summed E-state index contributed by atoms with van der Waals surface area (Å²) in [6.45, 7) is 2.61. The zero-order valence-electron chi connectivity index (χ0n) is 17.3. The number of nitrogens with zero attached hydrogens (tertiary/aromatic N) is 1. The van der Waals surface area contributed by atoms with E-state index >= 15 is 0 Å². The summed E-state index contributed by atoms with van der Waals surface area (Å²) in [6.07, 6.45) is 1.65. The molecule has 0 bridgehead atoms. The highest BCUT2D eigenvalue weighted by molar-refractivity contribution is 5.74. The highest BCUT2D eigenvalue weighted by Gasteiger charge is 2.23. The van der Waals surface area contributed by atoms with Gasteiger partial charge < -0.3 is 15.5 Å². The van der Waals surface area contributed by atoms with Gasteiger partial charge in [-0.1, -0.05) is 60.7 Å². The first-order valence-electron chi connectivity index (χ1n) is 10.0. The predicted octanol–water partition coefficient (Wildman–Crippen LogP) is 2.91. The van der Waals surface area contributed by atoms with Crippen LogP contribution in [0.5, 0.6) is 0 Å². The molecule has 5 heteroatoms. The Labute approximate surface area is 172 Å². The van der Waals surface area contributed by atoms with Crippen molar-refractivity contribution in [3.8, 4) is 0 Å². The minimum Gasteiger partial charge on any atom is -0.378 e. The van der Waals surface area contributed by atoms with Gasteiger partial charge in [0.15, 0.2) is 0 Å². The molecule has 3 rings (SSSR count). The quantitative estimate of drug-likeness (QED) is 0.521.